The first kappa shape index (κ1) is 18.1. The van der Waals surface area contributed by atoms with Gasteiger partial charge in [0.2, 0.25) is 5.95 Å². The van der Waals surface area contributed by atoms with Gasteiger partial charge in [-0.2, -0.15) is 10.1 Å². The highest BCUT2D eigenvalue weighted by Crippen LogP contribution is 2.36. The van der Waals surface area contributed by atoms with Crippen molar-refractivity contribution in [3.8, 4) is 0 Å². The molecule has 0 amide bonds. The minimum Gasteiger partial charge on any atom is -0.460 e. The summed E-state index contributed by atoms with van der Waals surface area (Å²) in [7, 11) is 0. The van der Waals surface area contributed by atoms with E-state index < -0.39 is 17.8 Å². The van der Waals surface area contributed by atoms with Crippen LogP contribution in [0, 0.1) is 5.82 Å². The summed E-state index contributed by atoms with van der Waals surface area (Å²) in [6, 6.07) is 5.53. The fourth-order valence-electron chi connectivity index (χ4n) is 2.84. The van der Waals surface area contributed by atoms with Gasteiger partial charge in [0.25, 0.3) is 0 Å². The van der Waals surface area contributed by atoms with Gasteiger partial charge in [-0.05, 0) is 26.8 Å². The van der Waals surface area contributed by atoms with E-state index in [0.717, 1.165) is 0 Å². The van der Waals surface area contributed by atoms with Crippen LogP contribution < -0.4 is 5.32 Å². The van der Waals surface area contributed by atoms with Crippen LogP contribution in [0.2, 0.25) is 0 Å². The van der Waals surface area contributed by atoms with E-state index in [0.29, 0.717) is 23.8 Å². The molecule has 8 heteroatoms. The number of anilines is 1. The summed E-state index contributed by atoms with van der Waals surface area (Å²) in [4.78, 5) is 16.8. The minimum absolute atomic E-state index is 0.0508. The molecule has 1 aromatic carbocycles. The van der Waals surface area contributed by atoms with E-state index in [-0.39, 0.29) is 18.3 Å². The maximum Gasteiger partial charge on any atom is 0.338 e. The monoisotopic (exact) mass is 360 g/mol. The molecule has 1 aromatic heterocycles. The Morgan fingerprint density at radius 1 is 1.35 bits per heavy atom. The number of nitrogens with one attached hydrogen (secondary N) is 1. The van der Waals surface area contributed by atoms with Gasteiger partial charge in [0, 0.05) is 11.3 Å². The Morgan fingerprint density at radius 2 is 2.12 bits per heavy atom. The summed E-state index contributed by atoms with van der Waals surface area (Å²) in [5, 5.41) is 7.17. The highest BCUT2D eigenvalue weighted by molar-refractivity contribution is 5.92. The van der Waals surface area contributed by atoms with Crippen molar-refractivity contribution in [3.05, 3.63) is 53.2 Å². The average molecular weight is 360 g/mol. The molecule has 1 N–H and O–H groups in total. The van der Waals surface area contributed by atoms with Crippen LogP contribution in [0.1, 0.15) is 32.4 Å². The number of carbonyl (C=O) groups excluding carboxylic acids is 1. The predicted molar refractivity (Wildman–Crippen MR) is 92.9 cm³/mol. The van der Waals surface area contributed by atoms with Gasteiger partial charge in [-0.25, -0.2) is 13.9 Å². The molecule has 0 saturated carbocycles. The molecule has 0 saturated heterocycles. The van der Waals surface area contributed by atoms with Crippen molar-refractivity contribution in [1.82, 2.24) is 14.8 Å². The van der Waals surface area contributed by atoms with Crippen LogP contribution in [0.4, 0.5) is 10.3 Å². The largest absolute Gasteiger partial charge is 0.460 e. The van der Waals surface area contributed by atoms with Crippen molar-refractivity contribution in [2.75, 3.05) is 18.5 Å². The lowest BCUT2D eigenvalue weighted by Gasteiger charge is -2.28. The Hall–Kier alpha value is -2.74. The number of allylic oxidation sites excluding steroid dienone is 1. The first-order valence-electron chi connectivity index (χ1n) is 8.39. The van der Waals surface area contributed by atoms with Gasteiger partial charge < -0.3 is 14.8 Å². The zero-order chi connectivity index (χ0) is 18.7. The van der Waals surface area contributed by atoms with Crippen LogP contribution in [0.15, 0.2) is 41.9 Å². The Labute approximate surface area is 150 Å². The molecule has 0 fully saturated rings. The summed E-state index contributed by atoms with van der Waals surface area (Å²) in [6.45, 7) is 5.94. The molecule has 0 unspecified atom stereocenters. The predicted octanol–water partition coefficient (Wildman–Crippen LogP) is 2.67. The number of nitrogens with zero attached hydrogens (tertiary/aromatic N) is 3. The fourth-order valence-corrected chi connectivity index (χ4v) is 2.84. The van der Waals surface area contributed by atoms with Gasteiger partial charge in [-0.3, -0.25) is 0 Å². The summed E-state index contributed by atoms with van der Waals surface area (Å²) >= 11 is 0. The zero-order valence-electron chi connectivity index (χ0n) is 14.9. The summed E-state index contributed by atoms with van der Waals surface area (Å²) in [6.07, 6.45) is 1.41. The van der Waals surface area contributed by atoms with Crippen LogP contribution >= 0.6 is 0 Å². The molecule has 0 aliphatic carbocycles. The summed E-state index contributed by atoms with van der Waals surface area (Å²) in [5.74, 6) is -0.533. The lowest BCUT2D eigenvalue weighted by Crippen LogP contribution is -2.30. The molecular weight excluding hydrogens is 339 g/mol. The van der Waals surface area contributed by atoms with Crippen LogP contribution in [0.25, 0.3) is 0 Å². The molecule has 1 aliphatic rings. The first-order chi connectivity index (χ1) is 12.5. The number of aromatic nitrogens is 3. The van der Waals surface area contributed by atoms with Crippen LogP contribution in [-0.2, 0) is 14.3 Å². The molecule has 0 bridgehead atoms. The molecule has 138 valence electrons. The van der Waals surface area contributed by atoms with Gasteiger partial charge in [0.05, 0.1) is 18.3 Å². The maximum absolute atomic E-state index is 14.5. The molecule has 7 nitrogen and oxygen atoms in total. The molecule has 26 heavy (non-hydrogen) atoms. The van der Waals surface area contributed by atoms with E-state index >= 15 is 0 Å². The lowest BCUT2D eigenvalue weighted by molar-refractivity contribution is -0.141. The van der Waals surface area contributed by atoms with Crippen molar-refractivity contribution in [2.45, 2.75) is 32.9 Å². The van der Waals surface area contributed by atoms with Crippen LogP contribution in [-0.4, -0.2) is 40.1 Å². The Morgan fingerprint density at radius 3 is 2.85 bits per heavy atom. The van der Waals surface area contributed by atoms with Crippen molar-refractivity contribution >= 4 is 11.9 Å². The topological polar surface area (TPSA) is 78.3 Å². The Kier molecular flexibility index (Phi) is 5.32. The van der Waals surface area contributed by atoms with E-state index in [1.54, 1.807) is 25.1 Å². The maximum atomic E-state index is 14.5. The van der Waals surface area contributed by atoms with Crippen molar-refractivity contribution in [1.29, 1.82) is 0 Å². The van der Waals surface area contributed by atoms with Gasteiger partial charge in [0.1, 0.15) is 24.8 Å². The third-order valence-electron chi connectivity index (χ3n) is 3.98. The fraction of sp³-hybridized carbons (Fsp3) is 0.389. The third-order valence-corrected chi connectivity index (χ3v) is 3.98. The Balaban J connectivity index is 1.91. The lowest BCUT2D eigenvalue weighted by atomic mass is 9.95. The van der Waals surface area contributed by atoms with Gasteiger partial charge in [-0.15, -0.1) is 0 Å². The minimum atomic E-state index is -0.756. The normalized spacial score (nSPS) is 16.4. The van der Waals surface area contributed by atoms with E-state index in [4.69, 9.17) is 9.47 Å². The molecule has 0 radical (unpaired) electrons. The molecule has 2 aromatic rings. The van der Waals surface area contributed by atoms with E-state index in [1.165, 1.54) is 17.1 Å². The van der Waals surface area contributed by atoms with Gasteiger partial charge in [-0.1, -0.05) is 18.2 Å². The second-order valence-electron chi connectivity index (χ2n) is 6.17. The molecule has 1 atom stereocenters. The van der Waals surface area contributed by atoms with E-state index in [9.17, 15) is 9.18 Å². The number of halogens is 1. The van der Waals surface area contributed by atoms with Crippen molar-refractivity contribution < 1.29 is 18.7 Å². The second-order valence-corrected chi connectivity index (χ2v) is 6.17. The molecule has 3 rings (SSSR count). The number of benzene rings is 1. The highest BCUT2D eigenvalue weighted by Gasteiger charge is 2.35. The highest BCUT2D eigenvalue weighted by atomic mass is 19.1. The molecular formula is C18H21FN4O3. The second kappa shape index (κ2) is 7.65. The van der Waals surface area contributed by atoms with Crippen molar-refractivity contribution in [2.24, 2.45) is 0 Å². The van der Waals surface area contributed by atoms with Gasteiger partial charge >= 0.3 is 5.97 Å². The number of hydrogen-bond acceptors (Lipinski definition) is 6. The first-order valence-corrected chi connectivity index (χ1v) is 8.39. The smallest absolute Gasteiger partial charge is 0.338 e. The third kappa shape index (κ3) is 3.60. The number of carbonyl (C=O) groups is 1. The summed E-state index contributed by atoms with van der Waals surface area (Å²) < 4.78 is 26.7. The quantitative estimate of drug-likeness (QED) is 0.630. The molecule has 2 heterocycles. The Bertz CT molecular complexity index is 831. The standard InChI is InChI=1S/C18H21FN4O3/c1-11(2)25-8-9-26-17(24)15-12(3)22-18-20-10-21-23(18)16(15)13-6-4-5-7-14(13)19/h4-7,10-11,16H,8-9H2,1-3H3,(H,20,21,22)/t16-/m0/s1. The zero-order valence-corrected chi connectivity index (χ0v) is 14.9. The molecule has 0 spiro atoms. The number of esters is 1. The van der Waals surface area contributed by atoms with Gasteiger partial charge in [0.15, 0.2) is 0 Å². The van der Waals surface area contributed by atoms with Crippen molar-refractivity contribution in [3.63, 3.8) is 0 Å². The van der Waals surface area contributed by atoms with Crippen LogP contribution in [0.3, 0.4) is 0 Å². The SMILES string of the molecule is CC1=C(C(=O)OCCOC(C)C)[C@H](c2ccccc2F)n2ncnc2N1. The van der Waals surface area contributed by atoms with Crippen LogP contribution in [0.5, 0.6) is 0 Å². The summed E-state index contributed by atoms with van der Waals surface area (Å²) in [5.41, 5.74) is 1.16. The number of rotatable bonds is 6. The van der Waals surface area contributed by atoms with E-state index in [1.807, 2.05) is 13.8 Å². The number of hydrogen-bond donors (Lipinski definition) is 1. The number of ether oxygens (including phenoxy) is 2. The molecule has 1 aliphatic heterocycles. The van der Waals surface area contributed by atoms with E-state index in [2.05, 4.69) is 15.4 Å². The average Bonchev–Trinajstić information content (AvgIpc) is 3.05. The number of fused-ring (bicyclic) bond motifs is 1.